The van der Waals surface area contributed by atoms with Crippen molar-refractivity contribution in [1.29, 1.82) is 0 Å². The van der Waals surface area contributed by atoms with Crippen LogP contribution < -0.4 is 5.32 Å². The SMILES string of the molecule is O=C(O)CO[C@@H]1COCC[C@H]1NC(=O)c1coc(CN2CCOCC2)c1. The zero-order chi connectivity index (χ0) is 18.4. The molecule has 2 atom stereocenters. The number of furan rings is 1. The quantitative estimate of drug-likeness (QED) is 0.697. The summed E-state index contributed by atoms with van der Waals surface area (Å²) < 4.78 is 21.5. The summed E-state index contributed by atoms with van der Waals surface area (Å²) >= 11 is 0. The van der Waals surface area contributed by atoms with Crippen LogP contribution in [0.5, 0.6) is 0 Å². The number of amides is 1. The van der Waals surface area contributed by atoms with E-state index >= 15 is 0 Å². The molecule has 0 aromatic carbocycles. The lowest BCUT2D eigenvalue weighted by atomic mass is 10.1. The zero-order valence-electron chi connectivity index (χ0n) is 14.5. The number of morpholine rings is 1. The topological polar surface area (TPSA) is 110 Å². The fourth-order valence-corrected chi connectivity index (χ4v) is 3.03. The Hall–Kier alpha value is -1.94. The zero-order valence-corrected chi connectivity index (χ0v) is 14.5. The van der Waals surface area contributed by atoms with Gasteiger partial charge in [0.2, 0.25) is 0 Å². The van der Waals surface area contributed by atoms with Gasteiger partial charge in [0.1, 0.15) is 24.7 Å². The number of nitrogens with zero attached hydrogens (tertiary/aromatic N) is 1. The van der Waals surface area contributed by atoms with E-state index in [1.807, 2.05) is 0 Å². The summed E-state index contributed by atoms with van der Waals surface area (Å²) in [7, 11) is 0. The fourth-order valence-electron chi connectivity index (χ4n) is 3.03. The van der Waals surface area contributed by atoms with Gasteiger partial charge < -0.3 is 29.1 Å². The highest BCUT2D eigenvalue weighted by molar-refractivity contribution is 5.94. The Morgan fingerprint density at radius 2 is 2.08 bits per heavy atom. The molecule has 0 bridgehead atoms. The van der Waals surface area contributed by atoms with Crippen LogP contribution in [0.2, 0.25) is 0 Å². The summed E-state index contributed by atoms with van der Waals surface area (Å²) in [4.78, 5) is 25.4. The fraction of sp³-hybridized carbons (Fsp3) is 0.647. The monoisotopic (exact) mass is 368 g/mol. The van der Waals surface area contributed by atoms with Crippen molar-refractivity contribution in [2.45, 2.75) is 25.1 Å². The van der Waals surface area contributed by atoms with Gasteiger partial charge in [-0.05, 0) is 12.5 Å². The highest BCUT2D eigenvalue weighted by Crippen LogP contribution is 2.15. The van der Waals surface area contributed by atoms with Crippen molar-refractivity contribution in [3.05, 3.63) is 23.7 Å². The van der Waals surface area contributed by atoms with E-state index in [9.17, 15) is 9.59 Å². The minimum atomic E-state index is -1.05. The minimum absolute atomic E-state index is 0.256. The molecule has 2 fully saturated rings. The number of aliphatic carboxylic acids is 1. The third kappa shape index (κ3) is 5.28. The van der Waals surface area contributed by atoms with E-state index in [4.69, 9.17) is 23.7 Å². The Kier molecular flexibility index (Phi) is 6.62. The normalized spacial score (nSPS) is 24.3. The van der Waals surface area contributed by atoms with E-state index in [1.165, 1.54) is 6.26 Å². The third-order valence-corrected chi connectivity index (χ3v) is 4.44. The molecule has 0 unspecified atom stereocenters. The van der Waals surface area contributed by atoms with Gasteiger partial charge in [-0.1, -0.05) is 0 Å². The summed E-state index contributed by atoms with van der Waals surface area (Å²) in [5, 5.41) is 11.6. The molecule has 2 aliphatic heterocycles. The Bertz CT molecular complexity index is 612. The van der Waals surface area contributed by atoms with Crippen molar-refractivity contribution in [3.8, 4) is 0 Å². The molecule has 2 aliphatic rings. The van der Waals surface area contributed by atoms with Crippen LogP contribution in [-0.2, 0) is 25.5 Å². The Morgan fingerprint density at radius 3 is 2.85 bits per heavy atom. The van der Waals surface area contributed by atoms with Crippen LogP contribution in [0.4, 0.5) is 0 Å². The number of carbonyl (C=O) groups is 2. The summed E-state index contributed by atoms with van der Waals surface area (Å²) in [6.07, 6.45) is 1.52. The number of hydrogen-bond acceptors (Lipinski definition) is 7. The minimum Gasteiger partial charge on any atom is -0.480 e. The molecule has 1 aromatic heterocycles. The number of carboxylic acid groups (broad SMARTS) is 1. The molecule has 1 aromatic rings. The molecule has 2 saturated heterocycles. The first-order valence-corrected chi connectivity index (χ1v) is 8.71. The molecule has 0 saturated carbocycles. The van der Waals surface area contributed by atoms with E-state index in [-0.39, 0.29) is 18.6 Å². The van der Waals surface area contributed by atoms with Crippen LogP contribution in [0.1, 0.15) is 22.5 Å². The van der Waals surface area contributed by atoms with Crippen molar-refractivity contribution in [3.63, 3.8) is 0 Å². The molecular weight excluding hydrogens is 344 g/mol. The molecule has 3 heterocycles. The van der Waals surface area contributed by atoms with Gasteiger partial charge in [0.05, 0.1) is 38.0 Å². The van der Waals surface area contributed by atoms with Crippen LogP contribution in [0, 0.1) is 0 Å². The van der Waals surface area contributed by atoms with Gasteiger partial charge in [-0.3, -0.25) is 9.69 Å². The van der Waals surface area contributed by atoms with Crippen LogP contribution >= 0.6 is 0 Å². The number of ether oxygens (including phenoxy) is 3. The second kappa shape index (κ2) is 9.13. The van der Waals surface area contributed by atoms with E-state index in [0.29, 0.717) is 38.3 Å². The smallest absolute Gasteiger partial charge is 0.329 e. The maximum atomic E-state index is 12.5. The average Bonchev–Trinajstić information content (AvgIpc) is 3.10. The van der Waals surface area contributed by atoms with Crippen molar-refractivity contribution in [1.82, 2.24) is 10.2 Å². The van der Waals surface area contributed by atoms with Gasteiger partial charge in [-0.15, -0.1) is 0 Å². The highest BCUT2D eigenvalue weighted by atomic mass is 16.5. The van der Waals surface area contributed by atoms with Crippen molar-refractivity contribution in [2.75, 3.05) is 46.1 Å². The molecular formula is C17H24N2O7. The van der Waals surface area contributed by atoms with Crippen LogP contribution in [-0.4, -0.2) is 80.2 Å². The molecule has 0 aliphatic carbocycles. The number of hydrogen-bond donors (Lipinski definition) is 2. The molecule has 9 nitrogen and oxygen atoms in total. The van der Waals surface area contributed by atoms with Gasteiger partial charge in [0.25, 0.3) is 5.91 Å². The van der Waals surface area contributed by atoms with Crippen LogP contribution in [0.25, 0.3) is 0 Å². The maximum absolute atomic E-state index is 12.5. The molecule has 0 spiro atoms. The van der Waals surface area contributed by atoms with Crippen LogP contribution in [0.3, 0.4) is 0 Å². The summed E-state index contributed by atoms with van der Waals surface area (Å²) in [6, 6.07) is 1.44. The van der Waals surface area contributed by atoms with E-state index < -0.39 is 18.7 Å². The first kappa shape index (κ1) is 18.8. The molecule has 144 valence electrons. The molecule has 26 heavy (non-hydrogen) atoms. The van der Waals surface area contributed by atoms with Gasteiger partial charge in [0, 0.05) is 19.7 Å². The molecule has 3 rings (SSSR count). The second-order valence-corrected chi connectivity index (χ2v) is 6.38. The second-order valence-electron chi connectivity index (χ2n) is 6.38. The first-order valence-electron chi connectivity index (χ1n) is 8.71. The standard InChI is InChI=1S/C17H24N2O7/c20-16(21)11-26-15-10-24-4-1-14(15)18-17(22)12-7-13(25-9-12)8-19-2-5-23-6-3-19/h7,9,14-15H,1-6,8,10-11H2,(H,18,22)(H,20,21)/t14-,15-/m1/s1. The number of rotatable bonds is 7. The van der Waals surface area contributed by atoms with Gasteiger partial charge >= 0.3 is 5.97 Å². The maximum Gasteiger partial charge on any atom is 0.329 e. The lowest BCUT2D eigenvalue weighted by Gasteiger charge is -2.31. The molecule has 2 N–H and O–H groups in total. The van der Waals surface area contributed by atoms with E-state index in [2.05, 4.69) is 10.2 Å². The summed E-state index contributed by atoms with van der Waals surface area (Å²) in [5.74, 6) is -0.594. The Morgan fingerprint density at radius 1 is 1.27 bits per heavy atom. The Labute approximate surface area is 151 Å². The summed E-state index contributed by atoms with van der Waals surface area (Å²) in [5.41, 5.74) is 0.441. The third-order valence-electron chi connectivity index (χ3n) is 4.44. The van der Waals surface area contributed by atoms with Crippen molar-refractivity contribution in [2.24, 2.45) is 0 Å². The molecule has 9 heteroatoms. The molecule has 0 radical (unpaired) electrons. The number of carboxylic acids is 1. The average molecular weight is 368 g/mol. The summed E-state index contributed by atoms with van der Waals surface area (Å²) in [6.45, 7) is 4.05. The number of nitrogens with one attached hydrogen (secondary N) is 1. The van der Waals surface area contributed by atoms with Crippen LogP contribution in [0.15, 0.2) is 16.7 Å². The van der Waals surface area contributed by atoms with E-state index in [0.717, 1.165) is 18.8 Å². The van der Waals surface area contributed by atoms with Crippen molar-refractivity contribution < 1.29 is 33.3 Å². The Balaban J connectivity index is 1.53. The predicted octanol–water partition coefficient (Wildman–Crippen LogP) is 0.100. The lowest BCUT2D eigenvalue weighted by molar-refractivity contribution is -0.148. The van der Waals surface area contributed by atoms with Gasteiger partial charge in [-0.25, -0.2) is 4.79 Å². The van der Waals surface area contributed by atoms with Crippen molar-refractivity contribution >= 4 is 11.9 Å². The number of carbonyl (C=O) groups excluding carboxylic acids is 1. The van der Waals surface area contributed by atoms with Gasteiger partial charge in [0.15, 0.2) is 0 Å². The first-order chi connectivity index (χ1) is 12.6. The predicted molar refractivity (Wildman–Crippen MR) is 88.9 cm³/mol. The molecule has 1 amide bonds. The lowest BCUT2D eigenvalue weighted by Crippen LogP contribution is -2.50. The van der Waals surface area contributed by atoms with Gasteiger partial charge in [-0.2, -0.15) is 0 Å². The highest BCUT2D eigenvalue weighted by Gasteiger charge is 2.29. The largest absolute Gasteiger partial charge is 0.480 e. The van der Waals surface area contributed by atoms with E-state index in [1.54, 1.807) is 6.07 Å².